The second kappa shape index (κ2) is 7.68. The lowest BCUT2D eigenvalue weighted by atomic mass is 10.0. The average molecular weight is 416 g/mol. The number of hydrogen-bond acceptors (Lipinski definition) is 8. The fourth-order valence-corrected chi connectivity index (χ4v) is 3.96. The van der Waals surface area contributed by atoms with Gasteiger partial charge in [-0.1, -0.05) is 6.07 Å². The normalized spacial score (nSPS) is 19.2. The first-order valence-electron chi connectivity index (χ1n) is 10.3. The van der Waals surface area contributed by atoms with Crippen molar-refractivity contribution in [2.24, 2.45) is 5.73 Å². The number of nitrogens with zero attached hydrogens (tertiary/aromatic N) is 7. The van der Waals surface area contributed by atoms with Crippen LogP contribution >= 0.6 is 0 Å². The highest BCUT2D eigenvalue weighted by atomic mass is 16.3. The minimum absolute atomic E-state index is 0.0165. The molecule has 1 aliphatic rings. The van der Waals surface area contributed by atoms with E-state index in [1.807, 2.05) is 36.9 Å². The van der Waals surface area contributed by atoms with Crippen molar-refractivity contribution in [2.75, 3.05) is 11.4 Å². The van der Waals surface area contributed by atoms with Crippen LogP contribution in [-0.4, -0.2) is 53.6 Å². The van der Waals surface area contributed by atoms with Crippen molar-refractivity contribution in [3.8, 4) is 17.2 Å². The number of nitrogens with two attached hydrogens (primary N) is 1. The van der Waals surface area contributed by atoms with Crippen molar-refractivity contribution in [3.63, 3.8) is 0 Å². The Hall–Kier alpha value is -3.43. The summed E-state index contributed by atoms with van der Waals surface area (Å²) in [7, 11) is 0. The topological polar surface area (TPSA) is 119 Å². The first-order valence-corrected chi connectivity index (χ1v) is 10.3. The summed E-state index contributed by atoms with van der Waals surface area (Å²) in [6, 6.07) is 5.88. The summed E-state index contributed by atoms with van der Waals surface area (Å²) in [5.41, 5.74) is 10.2. The van der Waals surface area contributed by atoms with Crippen molar-refractivity contribution in [1.82, 2.24) is 29.7 Å². The molecular formula is C22H24N8O. The summed E-state index contributed by atoms with van der Waals surface area (Å²) >= 11 is 0. The summed E-state index contributed by atoms with van der Waals surface area (Å²) < 4.78 is 1.78. The van der Waals surface area contributed by atoms with Crippen molar-refractivity contribution in [1.29, 1.82) is 0 Å². The fourth-order valence-electron chi connectivity index (χ4n) is 3.96. The lowest BCUT2D eigenvalue weighted by Crippen LogP contribution is -2.49. The van der Waals surface area contributed by atoms with Gasteiger partial charge in [-0.3, -0.25) is 9.97 Å². The molecule has 0 radical (unpaired) electrons. The van der Waals surface area contributed by atoms with Gasteiger partial charge < -0.3 is 15.7 Å². The molecule has 1 aliphatic heterocycles. The van der Waals surface area contributed by atoms with Gasteiger partial charge in [-0.2, -0.15) is 5.10 Å². The van der Waals surface area contributed by atoms with Crippen molar-refractivity contribution >= 4 is 16.7 Å². The third-order valence-electron chi connectivity index (χ3n) is 5.60. The van der Waals surface area contributed by atoms with E-state index in [-0.39, 0.29) is 6.04 Å². The molecule has 2 unspecified atom stereocenters. The van der Waals surface area contributed by atoms with Crippen molar-refractivity contribution in [3.05, 3.63) is 54.2 Å². The van der Waals surface area contributed by atoms with Crippen LogP contribution in [0.3, 0.4) is 0 Å². The van der Waals surface area contributed by atoms with Gasteiger partial charge in [-0.25, -0.2) is 14.6 Å². The van der Waals surface area contributed by atoms with Crippen LogP contribution < -0.4 is 10.6 Å². The van der Waals surface area contributed by atoms with E-state index in [9.17, 15) is 5.11 Å². The molecule has 0 aliphatic carbocycles. The number of aliphatic hydroxyl groups excluding tert-OH is 1. The van der Waals surface area contributed by atoms with Gasteiger partial charge in [-0.05, 0) is 44.4 Å². The van der Waals surface area contributed by atoms with Crippen molar-refractivity contribution in [2.45, 2.75) is 39.0 Å². The molecular weight excluding hydrogens is 392 g/mol. The number of aryl methyl sites for hydroxylation is 2. The lowest BCUT2D eigenvalue weighted by Gasteiger charge is -2.37. The number of aliphatic hydroxyl groups is 1. The predicted molar refractivity (Wildman–Crippen MR) is 118 cm³/mol. The Labute approximate surface area is 179 Å². The zero-order chi connectivity index (χ0) is 21.5. The Balaban J connectivity index is 1.59. The van der Waals surface area contributed by atoms with Crippen LogP contribution in [-0.2, 0) is 0 Å². The molecule has 0 aromatic carbocycles. The molecule has 4 aromatic heterocycles. The third kappa shape index (κ3) is 3.62. The van der Waals surface area contributed by atoms with Crippen LogP contribution in [0.4, 0.5) is 5.82 Å². The molecule has 9 nitrogen and oxygen atoms in total. The predicted octanol–water partition coefficient (Wildman–Crippen LogP) is 2.14. The quantitative estimate of drug-likeness (QED) is 0.521. The average Bonchev–Trinajstić information content (AvgIpc) is 3.19. The van der Waals surface area contributed by atoms with E-state index in [4.69, 9.17) is 10.7 Å². The van der Waals surface area contributed by atoms with E-state index in [1.165, 1.54) is 0 Å². The maximum atomic E-state index is 10.5. The van der Waals surface area contributed by atoms with Gasteiger partial charge in [0.2, 0.25) is 0 Å². The van der Waals surface area contributed by atoms with Crippen LogP contribution in [0.1, 0.15) is 24.1 Å². The highest BCUT2D eigenvalue weighted by Crippen LogP contribution is 2.27. The van der Waals surface area contributed by atoms with Gasteiger partial charge in [0.25, 0.3) is 0 Å². The number of rotatable bonds is 3. The maximum Gasteiger partial charge on any atom is 0.156 e. The Morgan fingerprint density at radius 2 is 1.90 bits per heavy atom. The number of piperidine rings is 1. The van der Waals surface area contributed by atoms with Crippen LogP contribution in [0.15, 0.2) is 43.0 Å². The fraction of sp³-hybridized carbons (Fsp3) is 0.318. The highest BCUT2D eigenvalue weighted by Gasteiger charge is 2.27. The van der Waals surface area contributed by atoms with Gasteiger partial charge in [0.15, 0.2) is 5.82 Å². The van der Waals surface area contributed by atoms with E-state index in [2.05, 4.69) is 20.1 Å². The van der Waals surface area contributed by atoms with Crippen LogP contribution in [0.2, 0.25) is 0 Å². The number of aromatic nitrogens is 6. The molecule has 2 atom stereocenters. The van der Waals surface area contributed by atoms with Gasteiger partial charge in [0.1, 0.15) is 17.7 Å². The van der Waals surface area contributed by atoms with Crippen LogP contribution in [0, 0.1) is 13.8 Å². The number of pyridine rings is 2. The standard InChI is InChI=1S/C22H24N8O/c1-13-3-5-20(28-22(13)29-12-16(23)4-6-21(29)31)30-19-7-17(25-9-15(19)10-26-30)18-11-24-8-14(2)27-18/h3,5,7-11,16,21,31H,4,6,12,23H2,1-2H3. The second-order valence-corrected chi connectivity index (χ2v) is 8.01. The zero-order valence-corrected chi connectivity index (χ0v) is 17.5. The SMILES string of the molecule is Cc1cncc(-c2cc3c(cn2)cnn3-c2ccc(C)c(N3CC(N)CCC3O)n2)n1. The number of fused-ring (bicyclic) bond motifs is 1. The molecule has 4 aromatic rings. The molecule has 31 heavy (non-hydrogen) atoms. The molecule has 9 heteroatoms. The number of anilines is 1. The van der Waals surface area contributed by atoms with E-state index in [0.717, 1.165) is 40.1 Å². The smallest absolute Gasteiger partial charge is 0.156 e. The van der Waals surface area contributed by atoms with Crippen molar-refractivity contribution < 1.29 is 5.11 Å². The Kier molecular flexibility index (Phi) is 4.84. The van der Waals surface area contributed by atoms with Gasteiger partial charge in [0.05, 0.1) is 29.3 Å². The summed E-state index contributed by atoms with van der Waals surface area (Å²) in [4.78, 5) is 20.0. The maximum absolute atomic E-state index is 10.5. The van der Waals surface area contributed by atoms with Gasteiger partial charge in [0, 0.05) is 30.4 Å². The molecule has 0 saturated carbocycles. The highest BCUT2D eigenvalue weighted by molar-refractivity contribution is 5.82. The molecule has 0 spiro atoms. The lowest BCUT2D eigenvalue weighted by molar-refractivity contribution is 0.133. The van der Waals surface area contributed by atoms with Crippen LogP contribution in [0.25, 0.3) is 28.1 Å². The molecule has 1 saturated heterocycles. The summed E-state index contributed by atoms with van der Waals surface area (Å²) in [5, 5.41) is 16.0. The Morgan fingerprint density at radius 1 is 1.03 bits per heavy atom. The number of hydrogen-bond donors (Lipinski definition) is 2. The van der Waals surface area contributed by atoms with E-state index >= 15 is 0 Å². The minimum Gasteiger partial charge on any atom is -0.374 e. The first-order chi connectivity index (χ1) is 15.0. The molecule has 0 bridgehead atoms. The molecule has 3 N–H and O–H groups in total. The zero-order valence-electron chi connectivity index (χ0n) is 17.5. The minimum atomic E-state index is -0.591. The third-order valence-corrected chi connectivity index (χ3v) is 5.60. The van der Waals surface area contributed by atoms with Gasteiger partial charge >= 0.3 is 0 Å². The molecule has 5 heterocycles. The second-order valence-electron chi connectivity index (χ2n) is 8.01. The van der Waals surface area contributed by atoms with Gasteiger partial charge in [-0.15, -0.1) is 0 Å². The first kappa shape index (κ1) is 19.5. The molecule has 158 valence electrons. The summed E-state index contributed by atoms with van der Waals surface area (Å²) in [6.45, 7) is 4.45. The Morgan fingerprint density at radius 3 is 2.74 bits per heavy atom. The Bertz CT molecular complexity index is 1250. The van der Waals surface area contributed by atoms with E-state index < -0.39 is 6.23 Å². The summed E-state index contributed by atoms with van der Waals surface area (Å²) in [5.74, 6) is 1.39. The molecule has 0 amide bonds. The van der Waals surface area contributed by atoms with Crippen LogP contribution in [0.5, 0.6) is 0 Å². The largest absolute Gasteiger partial charge is 0.374 e. The molecule has 5 rings (SSSR count). The summed E-state index contributed by atoms with van der Waals surface area (Å²) in [6.07, 6.45) is 7.80. The van der Waals surface area contributed by atoms with E-state index in [1.54, 1.807) is 29.5 Å². The molecule has 1 fully saturated rings. The monoisotopic (exact) mass is 416 g/mol. The van der Waals surface area contributed by atoms with E-state index in [0.29, 0.717) is 24.5 Å².